The summed E-state index contributed by atoms with van der Waals surface area (Å²) in [6.07, 6.45) is 1.55. The molecule has 4 aromatic rings. The molecule has 0 bridgehead atoms. The fourth-order valence-corrected chi connectivity index (χ4v) is 5.23. The lowest BCUT2D eigenvalue weighted by Gasteiger charge is -2.22. The van der Waals surface area contributed by atoms with E-state index in [2.05, 4.69) is 9.97 Å². The van der Waals surface area contributed by atoms with Crippen LogP contribution in [0, 0.1) is 0 Å². The first-order chi connectivity index (χ1) is 16.9. The minimum Gasteiger partial charge on any atom is -0.507 e. The highest BCUT2D eigenvalue weighted by Crippen LogP contribution is 2.45. The summed E-state index contributed by atoms with van der Waals surface area (Å²) in [4.78, 5) is 36.9. The van der Waals surface area contributed by atoms with Crippen LogP contribution in [-0.2, 0) is 9.59 Å². The van der Waals surface area contributed by atoms with Gasteiger partial charge in [-0.1, -0.05) is 41.1 Å². The van der Waals surface area contributed by atoms with Crippen LogP contribution in [0.15, 0.2) is 66.4 Å². The van der Waals surface area contributed by atoms with Crippen molar-refractivity contribution in [1.29, 1.82) is 0 Å². The van der Waals surface area contributed by atoms with E-state index in [9.17, 15) is 14.7 Å². The number of hydrogen-bond acceptors (Lipinski definition) is 8. The summed E-state index contributed by atoms with van der Waals surface area (Å²) in [5, 5.41) is 11.9. The number of hydrogen-bond donors (Lipinski definition) is 1. The molecule has 1 saturated heterocycles. The summed E-state index contributed by atoms with van der Waals surface area (Å²) in [5.41, 5.74) is 1.08. The van der Waals surface area contributed by atoms with Crippen molar-refractivity contribution in [1.82, 2.24) is 9.97 Å². The number of anilines is 1. The molecule has 0 saturated carbocycles. The predicted molar refractivity (Wildman–Crippen MR) is 133 cm³/mol. The van der Waals surface area contributed by atoms with Gasteiger partial charge in [-0.2, -0.15) is 0 Å². The number of amides is 1. The largest absolute Gasteiger partial charge is 0.507 e. The standard InChI is InChI=1S/C25H18ClN3O5S/c1-33-17-12-18(34-2)14(26)11-13(17)22(30)20-21(16-8-5-6-10-27-16)29(24(32)23(20)31)25-28-15-7-3-4-9-19(15)35-25/h3-12,21,30H,1-2H3/b22-20+. The fourth-order valence-electron chi connectivity index (χ4n) is 4.00. The number of pyridine rings is 1. The molecule has 1 amide bonds. The molecule has 1 aliphatic heterocycles. The van der Waals surface area contributed by atoms with Gasteiger partial charge in [0.1, 0.15) is 23.3 Å². The van der Waals surface area contributed by atoms with Crippen LogP contribution in [0.4, 0.5) is 5.13 Å². The van der Waals surface area contributed by atoms with E-state index >= 15 is 0 Å². The molecule has 2 aromatic heterocycles. The number of methoxy groups -OCH3 is 2. The maximum atomic E-state index is 13.4. The number of carbonyl (C=O) groups is 2. The molecule has 3 heterocycles. The number of benzene rings is 2. The number of Topliss-reactive ketones (excluding diaryl/α,β-unsaturated/α-hetero) is 1. The van der Waals surface area contributed by atoms with Gasteiger partial charge in [0.15, 0.2) is 5.13 Å². The molecule has 10 heteroatoms. The average molecular weight is 508 g/mol. The number of para-hydroxylation sites is 1. The third kappa shape index (κ3) is 3.78. The molecule has 5 rings (SSSR count). The molecule has 0 radical (unpaired) electrons. The molecule has 0 spiro atoms. The predicted octanol–water partition coefficient (Wildman–Crippen LogP) is 4.99. The summed E-state index contributed by atoms with van der Waals surface area (Å²) in [6, 6.07) is 14.5. The number of fused-ring (bicyclic) bond motifs is 1. The van der Waals surface area contributed by atoms with E-state index < -0.39 is 23.5 Å². The van der Waals surface area contributed by atoms with Crippen LogP contribution in [0.3, 0.4) is 0 Å². The van der Waals surface area contributed by atoms with E-state index in [1.54, 1.807) is 24.4 Å². The summed E-state index contributed by atoms with van der Waals surface area (Å²) in [5.74, 6) is -1.58. The van der Waals surface area contributed by atoms with Crippen LogP contribution in [0.5, 0.6) is 11.5 Å². The Hall–Kier alpha value is -3.95. The lowest BCUT2D eigenvalue weighted by Crippen LogP contribution is -2.29. The molecule has 176 valence electrons. The number of aliphatic hydroxyl groups is 1. The number of thiazole rings is 1. The van der Waals surface area contributed by atoms with Crippen molar-refractivity contribution in [3.8, 4) is 11.5 Å². The lowest BCUT2D eigenvalue weighted by molar-refractivity contribution is -0.132. The normalized spacial score (nSPS) is 17.2. The fraction of sp³-hybridized carbons (Fsp3) is 0.120. The number of rotatable bonds is 5. The first-order valence-electron chi connectivity index (χ1n) is 10.4. The zero-order valence-corrected chi connectivity index (χ0v) is 20.1. The van der Waals surface area contributed by atoms with Crippen LogP contribution in [0.2, 0.25) is 5.02 Å². The van der Waals surface area contributed by atoms with E-state index in [1.165, 1.54) is 42.6 Å². The monoisotopic (exact) mass is 507 g/mol. The molecule has 1 fully saturated rings. The van der Waals surface area contributed by atoms with Crippen molar-refractivity contribution in [2.24, 2.45) is 0 Å². The van der Waals surface area contributed by atoms with Crippen molar-refractivity contribution in [3.63, 3.8) is 0 Å². The van der Waals surface area contributed by atoms with Crippen molar-refractivity contribution < 1.29 is 24.2 Å². The van der Waals surface area contributed by atoms with E-state index in [0.717, 1.165) is 4.70 Å². The first-order valence-corrected chi connectivity index (χ1v) is 11.6. The Labute approximate surface area is 209 Å². The second kappa shape index (κ2) is 9.01. The van der Waals surface area contributed by atoms with Crippen LogP contribution in [-0.4, -0.2) is 41.0 Å². The summed E-state index contributed by atoms with van der Waals surface area (Å²) in [7, 11) is 2.86. The third-order valence-electron chi connectivity index (χ3n) is 5.63. The van der Waals surface area contributed by atoms with Gasteiger partial charge in [0, 0.05) is 12.3 Å². The third-order valence-corrected chi connectivity index (χ3v) is 6.96. The number of nitrogens with zero attached hydrogens (tertiary/aromatic N) is 3. The number of aromatic nitrogens is 2. The summed E-state index contributed by atoms with van der Waals surface area (Å²) >= 11 is 7.57. The van der Waals surface area contributed by atoms with E-state index in [0.29, 0.717) is 22.1 Å². The zero-order valence-electron chi connectivity index (χ0n) is 18.6. The number of carbonyl (C=O) groups excluding carboxylic acids is 2. The Balaban J connectivity index is 1.75. The topological polar surface area (TPSA) is 102 Å². The minimum absolute atomic E-state index is 0.140. The Bertz CT molecular complexity index is 1470. The average Bonchev–Trinajstić information content (AvgIpc) is 3.42. The SMILES string of the molecule is COc1cc(OC)c(/C(O)=C2\C(=O)C(=O)N(c3nc4ccccc4s3)C2c2ccccn2)cc1Cl. The molecule has 35 heavy (non-hydrogen) atoms. The van der Waals surface area contributed by atoms with Crippen molar-refractivity contribution >= 4 is 55.7 Å². The smallest absolute Gasteiger partial charge is 0.301 e. The molecule has 1 atom stereocenters. The highest BCUT2D eigenvalue weighted by molar-refractivity contribution is 7.22. The number of aliphatic hydroxyl groups excluding tert-OH is 1. The maximum Gasteiger partial charge on any atom is 0.301 e. The van der Waals surface area contributed by atoms with Gasteiger partial charge in [0.05, 0.1) is 46.3 Å². The second-order valence-electron chi connectivity index (χ2n) is 7.57. The Morgan fingerprint density at radius 3 is 2.49 bits per heavy atom. The number of halogens is 1. The van der Waals surface area contributed by atoms with Gasteiger partial charge >= 0.3 is 5.91 Å². The van der Waals surface area contributed by atoms with Crippen LogP contribution >= 0.6 is 22.9 Å². The highest BCUT2D eigenvalue weighted by atomic mass is 35.5. The maximum absolute atomic E-state index is 13.4. The van der Waals surface area contributed by atoms with Gasteiger partial charge < -0.3 is 14.6 Å². The van der Waals surface area contributed by atoms with Crippen molar-refractivity contribution in [2.45, 2.75) is 6.04 Å². The van der Waals surface area contributed by atoms with Crippen LogP contribution in [0.25, 0.3) is 16.0 Å². The van der Waals surface area contributed by atoms with E-state index in [4.69, 9.17) is 21.1 Å². The van der Waals surface area contributed by atoms with Gasteiger partial charge in [-0.3, -0.25) is 19.5 Å². The van der Waals surface area contributed by atoms with Crippen molar-refractivity contribution in [3.05, 3.63) is 82.6 Å². The Morgan fingerprint density at radius 2 is 1.80 bits per heavy atom. The minimum atomic E-state index is -1.01. The first kappa shape index (κ1) is 22.8. The number of ketones is 1. The van der Waals surface area contributed by atoms with Crippen LogP contribution < -0.4 is 14.4 Å². The van der Waals surface area contributed by atoms with Gasteiger partial charge in [-0.05, 0) is 30.3 Å². The summed E-state index contributed by atoms with van der Waals surface area (Å²) in [6.45, 7) is 0. The summed E-state index contributed by atoms with van der Waals surface area (Å²) < 4.78 is 11.5. The molecule has 8 nitrogen and oxygen atoms in total. The van der Waals surface area contributed by atoms with Gasteiger partial charge in [-0.15, -0.1) is 0 Å². The Kier molecular flexibility index (Phi) is 5.88. The van der Waals surface area contributed by atoms with E-state index in [1.807, 2.05) is 24.3 Å². The molecule has 1 unspecified atom stereocenters. The molecular formula is C25H18ClN3O5S. The van der Waals surface area contributed by atoms with Crippen molar-refractivity contribution in [2.75, 3.05) is 19.1 Å². The molecular weight excluding hydrogens is 490 g/mol. The molecule has 2 aromatic carbocycles. The second-order valence-corrected chi connectivity index (χ2v) is 8.99. The molecule has 1 aliphatic rings. The quantitative estimate of drug-likeness (QED) is 0.231. The molecule has 1 N–H and O–H groups in total. The lowest BCUT2D eigenvalue weighted by atomic mass is 9.98. The zero-order chi connectivity index (χ0) is 24.7. The van der Waals surface area contributed by atoms with Crippen LogP contribution in [0.1, 0.15) is 17.3 Å². The van der Waals surface area contributed by atoms with E-state index in [-0.39, 0.29) is 21.9 Å². The molecule has 0 aliphatic carbocycles. The highest BCUT2D eigenvalue weighted by Gasteiger charge is 2.49. The number of ether oxygens (including phenoxy) is 2. The Morgan fingerprint density at radius 1 is 1.06 bits per heavy atom. The van der Waals surface area contributed by atoms with Gasteiger partial charge in [-0.25, -0.2) is 4.98 Å². The van der Waals surface area contributed by atoms with Gasteiger partial charge in [0.2, 0.25) is 0 Å². The van der Waals surface area contributed by atoms with Gasteiger partial charge in [0.25, 0.3) is 5.78 Å².